The number of carbonyl (C=O) groups is 2. The molecule has 1 aliphatic heterocycles. The Morgan fingerprint density at radius 2 is 2.00 bits per heavy atom. The zero-order chi connectivity index (χ0) is 19.7. The summed E-state index contributed by atoms with van der Waals surface area (Å²) in [5, 5.41) is 10.2. The molecule has 2 aromatic carbocycles. The number of benzene rings is 2. The Labute approximate surface area is 162 Å². The number of nitrogens with zero attached hydrogens (tertiary/aromatic N) is 2. The van der Waals surface area contributed by atoms with Gasteiger partial charge in [0.25, 0.3) is 5.91 Å². The van der Waals surface area contributed by atoms with Gasteiger partial charge in [0.15, 0.2) is 5.82 Å². The lowest BCUT2D eigenvalue weighted by Gasteiger charge is -2.24. The molecule has 0 radical (unpaired) electrons. The minimum absolute atomic E-state index is 0.0741. The minimum atomic E-state index is -0.288. The lowest BCUT2D eigenvalue weighted by atomic mass is 9.86. The number of aryl methyl sites for hydroxylation is 1. The van der Waals surface area contributed by atoms with E-state index in [0.29, 0.717) is 29.4 Å². The molecule has 28 heavy (non-hydrogen) atoms. The molecule has 2 N–H and O–H groups in total. The van der Waals surface area contributed by atoms with E-state index in [1.54, 1.807) is 43.1 Å². The van der Waals surface area contributed by atoms with E-state index in [2.05, 4.69) is 15.7 Å². The molecule has 3 aromatic rings. The van der Waals surface area contributed by atoms with Crippen molar-refractivity contribution < 1.29 is 14.3 Å². The van der Waals surface area contributed by atoms with E-state index in [1.807, 2.05) is 30.3 Å². The van der Waals surface area contributed by atoms with Crippen LogP contribution in [0.5, 0.6) is 5.75 Å². The van der Waals surface area contributed by atoms with E-state index < -0.39 is 0 Å². The van der Waals surface area contributed by atoms with Crippen LogP contribution in [0.1, 0.15) is 33.8 Å². The van der Waals surface area contributed by atoms with E-state index in [1.165, 1.54) is 0 Å². The van der Waals surface area contributed by atoms with Crippen molar-refractivity contribution in [2.24, 2.45) is 7.05 Å². The maximum absolute atomic E-state index is 12.8. The quantitative estimate of drug-likeness (QED) is 0.732. The van der Waals surface area contributed by atoms with E-state index >= 15 is 0 Å². The molecule has 142 valence electrons. The summed E-state index contributed by atoms with van der Waals surface area (Å²) >= 11 is 0. The van der Waals surface area contributed by atoms with Crippen LogP contribution in [0.25, 0.3) is 0 Å². The molecule has 4 rings (SSSR count). The minimum Gasteiger partial charge on any atom is -0.497 e. The number of anilines is 2. The summed E-state index contributed by atoms with van der Waals surface area (Å²) < 4.78 is 6.78. The van der Waals surface area contributed by atoms with E-state index in [4.69, 9.17) is 4.74 Å². The maximum Gasteiger partial charge on any atom is 0.257 e. The molecule has 2 heterocycles. The standard InChI is InChI=1S/C21H20N4O3/c1-25-20-18(16(12-17(26)22-20)13-7-4-3-5-8-13)19(24-25)23-21(27)14-9-6-10-15(11-14)28-2/h3-11,16H,12H2,1-2H3,(H,22,26)(H,23,24,27). The highest BCUT2D eigenvalue weighted by molar-refractivity contribution is 6.05. The first-order chi connectivity index (χ1) is 13.6. The van der Waals surface area contributed by atoms with Crippen molar-refractivity contribution in [1.29, 1.82) is 0 Å². The second-order valence-corrected chi connectivity index (χ2v) is 6.64. The van der Waals surface area contributed by atoms with Crippen molar-refractivity contribution in [1.82, 2.24) is 9.78 Å². The van der Waals surface area contributed by atoms with Crippen LogP contribution in [0, 0.1) is 0 Å². The van der Waals surface area contributed by atoms with Crippen LogP contribution < -0.4 is 15.4 Å². The summed E-state index contributed by atoms with van der Waals surface area (Å²) in [6, 6.07) is 16.7. The zero-order valence-corrected chi connectivity index (χ0v) is 15.6. The van der Waals surface area contributed by atoms with Crippen LogP contribution in [0.15, 0.2) is 54.6 Å². The fourth-order valence-corrected chi connectivity index (χ4v) is 3.50. The van der Waals surface area contributed by atoms with Crippen LogP contribution in [0.4, 0.5) is 11.6 Å². The number of carbonyl (C=O) groups excluding carboxylic acids is 2. The molecule has 2 amide bonds. The second-order valence-electron chi connectivity index (χ2n) is 6.64. The zero-order valence-electron chi connectivity index (χ0n) is 15.6. The van der Waals surface area contributed by atoms with Gasteiger partial charge in [0.1, 0.15) is 11.6 Å². The summed E-state index contributed by atoms with van der Waals surface area (Å²) in [6.45, 7) is 0. The fraction of sp³-hybridized carbons (Fsp3) is 0.190. The molecule has 0 bridgehead atoms. The molecule has 0 aliphatic carbocycles. The molecular formula is C21H20N4O3. The van der Waals surface area contributed by atoms with Gasteiger partial charge in [-0.05, 0) is 23.8 Å². The summed E-state index contributed by atoms with van der Waals surface area (Å²) in [5.41, 5.74) is 2.28. The molecule has 7 nitrogen and oxygen atoms in total. The maximum atomic E-state index is 12.8. The Bertz CT molecular complexity index is 1040. The molecule has 0 spiro atoms. The van der Waals surface area contributed by atoms with Crippen molar-refractivity contribution in [3.05, 3.63) is 71.3 Å². The predicted molar refractivity (Wildman–Crippen MR) is 106 cm³/mol. The van der Waals surface area contributed by atoms with E-state index in [9.17, 15) is 9.59 Å². The predicted octanol–water partition coefficient (Wildman–Crippen LogP) is 3.16. The highest BCUT2D eigenvalue weighted by Crippen LogP contribution is 2.41. The molecule has 0 fully saturated rings. The smallest absolute Gasteiger partial charge is 0.257 e. The Hall–Kier alpha value is -3.61. The number of ether oxygens (including phenoxy) is 1. The van der Waals surface area contributed by atoms with Gasteiger partial charge in [0.05, 0.1) is 7.11 Å². The summed E-state index contributed by atoms with van der Waals surface area (Å²) in [5.74, 6) is 1.10. The molecule has 0 saturated heterocycles. The van der Waals surface area contributed by atoms with Crippen molar-refractivity contribution in [2.45, 2.75) is 12.3 Å². The summed E-state index contributed by atoms with van der Waals surface area (Å²) in [7, 11) is 3.30. The van der Waals surface area contributed by atoms with E-state index in [0.717, 1.165) is 11.1 Å². The molecule has 1 atom stereocenters. The SMILES string of the molecule is COc1cccc(C(=O)Nc2nn(C)c3c2C(c2ccccc2)CC(=O)N3)c1. The monoisotopic (exact) mass is 376 g/mol. The van der Waals surface area contributed by atoms with Crippen LogP contribution in [-0.2, 0) is 11.8 Å². The van der Waals surface area contributed by atoms with Gasteiger partial charge < -0.3 is 15.4 Å². The number of rotatable bonds is 4. The van der Waals surface area contributed by atoms with Gasteiger partial charge in [-0.3, -0.25) is 14.3 Å². The number of hydrogen-bond acceptors (Lipinski definition) is 4. The highest BCUT2D eigenvalue weighted by Gasteiger charge is 2.33. The first kappa shape index (κ1) is 17.8. The van der Waals surface area contributed by atoms with Crippen LogP contribution >= 0.6 is 0 Å². The molecular weight excluding hydrogens is 356 g/mol. The number of amides is 2. The van der Waals surface area contributed by atoms with Gasteiger partial charge in [0.2, 0.25) is 5.91 Å². The normalized spacial score (nSPS) is 15.5. The van der Waals surface area contributed by atoms with Gasteiger partial charge in [-0.15, -0.1) is 0 Å². The van der Waals surface area contributed by atoms with Crippen molar-refractivity contribution >= 4 is 23.5 Å². The van der Waals surface area contributed by atoms with Crippen LogP contribution in [-0.4, -0.2) is 28.7 Å². The van der Waals surface area contributed by atoms with Gasteiger partial charge in [-0.25, -0.2) is 0 Å². The van der Waals surface area contributed by atoms with Crippen molar-refractivity contribution in [3.8, 4) is 5.75 Å². The van der Waals surface area contributed by atoms with Crippen molar-refractivity contribution in [3.63, 3.8) is 0 Å². The molecule has 7 heteroatoms. The number of aromatic nitrogens is 2. The van der Waals surface area contributed by atoms with Crippen LogP contribution in [0.2, 0.25) is 0 Å². The Kier molecular flexibility index (Phi) is 4.57. The fourth-order valence-electron chi connectivity index (χ4n) is 3.50. The Morgan fingerprint density at radius 3 is 2.75 bits per heavy atom. The molecule has 0 saturated carbocycles. The number of fused-ring (bicyclic) bond motifs is 1. The lowest BCUT2D eigenvalue weighted by Crippen LogP contribution is -2.25. The van der Waals surface area contributed by atoms with Crippen LogP contribution in [0.3, 0.4) is 0 Å². The first-order valence-electron chi connectivity index (χ1n) is 8.94. The van der Waals surface area contributed by atoms with Gasteiger partial charge >= 0.3 is 0 Å². The number of methoxy groups -OCH3 is 1. The largest absolute Gasteiger partial charge is 0.497 e. The average molecular weight is 376 g/mol. The third-order valence-electron chi connectivity index (χ3n) is 4.85. The topological polar surface area (TPSA) is 85.2 Å². The third kappa shape index (κ3) is 3.22. The lowest BCUT2D eigenvalue weighted by molar-refractivity contribution is -0.116. The number of hydrogen-bond donors (Lipinski definition) is 2. The Morgan fingerprint density at radius 1 is 1.21 bits per heavy atom. The summed E-state index contributed by atoms with van der Waals surface area (Å²) in [4.78, 5) is 25.0. The van der Waals surface area contributed by atoms with Gasteiger partial charge in [0, 0.05) is 30.5 Å². The third-order valence-corrected chi connectivity index (χ3v) is 4.85. The summed E-state index contributed by atoms with van der Waals surface area (Å²) in [6.07, 6.45) is 0.296. The molecule has 1 aliphatic rings. The highest BCUT2D eigenvalue weighted by atomic mass is 16.5. The molecule has 1 aromatic heterocycles. The number of nitrogens with one attached hydrogen (secondary N) is 2. The second kappa shape index (κ2) is 7.19. The first-order valence-corrected chi connectivity index (χ1v) is 8.94. The van der Waals surface area contributed by atoms with E-state index in [-0.39, 0.29) is 17.7 Å². The van der Waals surface area contributed by atoms with Gasteiger partial charge in [-0.1, -0.05) is 36.4 Å². The van der Waals surface area contributed by atoms with Gasteiger partial charge in [-0.2, -0.15) is 5.10 Å². The average Bonchev–Trinajstić information content (AvgIpc) is 3.03. The Balaban J connectivity index is 1.72. The molecule has 1 unspecified atom stereocenters. The van der Waals surface area contributed by atoms with Crippen molar-refractivity contribution in [2.75, 3.05) is 17.7 Å².